The molecule has 2 aliphatic rings. The van der Waals surface area contributed by atoms with Gasteiger partial charge in [0.2, 0.25) is 10.0 Å². The summed E-state index contributed by atoms with van der Waals surface area (Å²) in [6, 6.07) is 4.90. The Bertz CT molecular complexity index is 638. The number of halogens is 1. The molecule has 1 fully saturated rings. The molecule has 0 aromatic heterocycles. The van der Waals surface area contributed by atoms with Crippen LogP contribution in [0, 0.1) is 5.82 Å². The number of rotatable bonds is 1. The third-order valence-electron chi connectivity index (χ3n) is 4.60. The van der Waals surface area contributed by atoms with Crippen LogP contribution in [0.4, 0.5) is 10.1 Å². The summed E-state index contributed by atoms with van der Waals surface area (Å²) in [4.78, 5) is 2.23. The van der Waals surface area contributed by atoms with Crippen LogP contribution in [0.2, 0.25) is 0 Å². The van der Waals surface area contributed by atoms with E-state index in [2.05, 4.69) is 11.9 Å². The molecule has 124 valence electrons. The number of sulfonamides is 1. The van der Waals surface area contributed by atoms with Crippen molar-refractivity contribution in [1.29, 1.82) is 0 Å². The Morgan fingerprint density at radius 1 is 1.18 bits per heavy atom. The van der Waals surface area contributed by atoms with E-state index in [1.165, 1.54) is 10.4 Å². The van der Waals surface area contributed by atoms with Crippen LogP contribution in [0.15, 0.2) is 18.2 Å². The van der Waals surface area contributed by atoms with Crippen LogP contribution in [-0.4, -0.2) is 46.3 Å². The first-order valence-electron chi connectivity index (χ1n) is 7.79. The third kappa shape index (κ3) is 2.86. The summed E-state index contributed by atoms with van der Waals surface area (Å²) in [5.41, 5.74) is 0.892. The Morgan fingerprint density at radius 2 is 1.77 bits per heavy atom. The number of benzene rings is 1. The van der Waals surface area contributed by atoms with E-state index in [1.807, 2.05) is 19.9 Å². The number of para-hydroxylation sites is 1. The van der Waals surface area contributed by atoms with E-state index in [4.69, 9.17) is 0 Å². The van der Waals surface area contributed by atoms with E-state index >= 15 is 0 Å². The topological polar surface area (TPSA) is 40.6 Å². The van der Waals surface area contributed by atoms with E-state index in [-0.39, 0.29) is 11.1 Å². The van der Waals surface area contributed by atoms with E-state index in [9.17, 15) is 12.8 Å². The lowest BCUT2D eigenvalue weighted by atomic mass is 9.74. The zero-order valence-corrected chi connectivity index (χ0v) is 14.6. The lowest BCUT2D eigenvalue weighted by molar-refractivity contribution is 0.198. The minimum Gasteiger partial charge on any atom is -0.306 e. The number of hydrogen-bond acceptors (Lipinski definition) is 3. The molecule has 3 rings (SSSR count). The van der Waals surface area contributed by atoms with Gasteiger partial charge in [-0.05, 0) is 44.6 Å². The summed E-state index contributed by atoms with van der Waals surface area (Å²) in [7, 11) is -1.39. The Balaban J connectivity index is 0.000000847. The average Bonchev–Trinajstić information content (AvgIpc) is 2.81. The van der Waals surface area contributed by atoms with Crippen molar-refractivity contribution >= 4 is 15.7 Å². The molecule has 0 N–H and O–H groups in total. The van der Waals surface area contributed by atoms with Crippen molar-refractivity contribution in [2.45, 2.75) is 32.1 Å². The van der Waals surface area contributed by atoms with Gasteiger partial charge in [0.05, 0.1) is 11.9 Å². The van der Waals surface area contributed by atoms with Gasteiger partial charge in [-0.15, -0.1) is 0 Å². The van der Waals surface area contributed by atoms with E-state index in [0.29, 0.717) is 6.54 Å². The smallest absolute Gasteiger partial charge is 0.232 e. The fourth-order valence-corrected chi connectivity index (χ4v) is 4.39. The second-order valence-electron chi connectivity index (χ2n) is 5.99. The molecule has 1 aromatic rings. The quantitative estimate of drug-likeness (QED) is 0.796. The molecule has 0 atom stereocenters. The van der Waals surface area contributed by atoms with Crippen molar-refractivity contribution < 1.29 is 12.8 Å². The SMILES string of the molecule is CC.CN1CCC2(CC1)CN(S(C)(=O)=O)c1c(F)cccc12. The number of piperidine rings is 1. The van der Waals surface area contributed by atoms with Crippen LogP contribution in [0.1, 0.15) is 32.3 Å². The molecule has 2 heterocycles. The van der Waals surface area contributed by atoms with E-state index in [0.717, 1.165) is 37.8 Å². The first kappa shape index (κ1) is 17.2. The molecular formula is C16H25FN2O2S. The number of anilines is 1. The molecule has 1 saturated heterocycles. The highest BCUT2D eigenvalue weighted by Crippen LogP contribution is 2.48. The Labute approximate surface area is 133 Å². The number of likely N-dealkylation sites (tertiary alicyclic amines) is 1. The van der Waals surface area contributed by atoms with Crippen molar-refractivity contribution in [2.75, 3.05) is 37.2 Å². The van der Waals surface area contributed by atoms with Gasteiger partial charge < -0.3 is 4.90 Å². The van der Waals surface area contributed by atoms with Crippen molar-refractivity contribution in [2.24, 2.45) is 0 Å². The largest absolute Gasteiger partial charge is 0.306 e. The van der Waals surface area contributed by atoms with Crippen molar-refractivity contribution in [3.63, 3.8) is 0 Å². The summed E-state index contributed by atoms with van der Waals surface area (Å²) >= 11 is 0. The van der Waals surface area contributed by atoms with Crippen LogP contribution in [0.25, 0.3) is 0 Å². The lowest BCUT2D eigenvalue weighted by Crippen LogP contribution is -2.44. The maximum Gasteiger partial charge on any atom is 0.232 e. The number of nitrogens with zero attached hydrogens (tertiary/aromatic N) is 2. The van der Waals surface area contributed by atoms with Gasteiger partial charge in [0.1, 0.15) is 5.82 Å². The van der Waals surface area contributed by atoms with Gasteiger partial charge in [0.15, 0.2) is 0 Å². The Morgan fingerprint density at radius 3 is 2.32 bits per heavy atom. The van der Waals surface area contributed by atoms with Gasteiger partial charge in [-0.3, -0.25) is 4.31 Å². The van der Waals surface area contributed by atoms with Crippen LogP contribution in [-0.2, 0) is 15.4 Å². The molecule has 22 heavy (non-hydrogen) atoms. The molecule has 1 aromatic carbocycles. The predicted octanol–water partition coefficient (Wildman–Crippen LogP) is 2.59. The van der Waals surface area contributed by atoms with Gasteiger partial charge in [0, 0.05) is 12.0 Å². The van der Waals surface area contributed by atoms with Crippen molar-refractivity contribution in [1.82, 2.24) is 4.90 Å². The van der Waals surface area contributed by atoms with Gasteiger partial charge in [-0.1, -0.05) is 26.0 Å². The monoisotopic (exact) mass is 328 g/mol. The molecule has 4 nitrogen and oxygen atoms in total. The first-order valence-corrected chi connectivity index (χ1v) is 9.64. The average molecular weight is 328 g/mol. The van der Waals surface area contributed by atoms with Gasteiger partial charge in [-0.2, -0.15) is 0 Å². The number of fused-ring (bicyclic) bond motifs is 2. The normalized spacial score (nSPS) is 20.5. The zero-order chi connectivity index (χ0) is 16.5. The van der Waals surface area contributed by atoms with Crippen LogP contribution in [0.5, 0.6) is 0 Å². The summed E-state index contributed by atoms with van der Waals surface area (Å²) in [5, 5.41) is 0. The molecule has 6 heteroatoms. The van der Waals surface area contributed by atoms with Crippen LogP contribution >= 0.6 is 0 Å². The summed E-state index contributed by atoms with van der Waals surface area (Å²) < 4.78 is 39.4. The van der Waals surface area contributed by atoms with Gasteiger partial charge in [-0.25, -0.2) is 12.8 Å². The fraction of sp³-hybridized carbons (Fsp3) is 0.625. The summed E-state index contributed by atoms with van der Waals surface area (Å²) in [6.07, 6.45) is 2.88. The Kier molecular flexibility index (Phi) is 4.82. The Hall–Kier alpha value is -1.14. The molecule has 0 amide bonds. The molecular weight excluding hydrogens is 303 g/mol. The third-order valence-corrected chi connectivity index (χ3v) is 5.71. The standard InChI is InChI=1S/C14H19FN2O2S.C2H6/c1-16-8-6-14(7-9-16)10-17(20(2,18)19)13-11(14)4-3-5-12(13)15;1-2/h3-5H,6-10H2,1-2H3;1-2H3. The van der Waals surface area contributed by atoms with Crippen molar-refractivity contribution in [3.8, 4) is 0 Å². The summed E-state index contributed by atoms with van der Waals surface area (Å²) in [5.74, 6) is -0.441. The molecule has 2 aliphatic heterocycles. The molecule has 1 spiro atoms. The molecule has 0 unspecified atom stereocenters. The second-order valence-corrected chi connectivity index (χ2v) is 7.90. The highest BCUT2D eigenvalue weighted by atomic mass is 32.2. The fourth-order valence-electron chi connectivity index (χ4n) is 3.39. The van der Waals surface area contributed by atoms with Crippen LogP contribution in [0.3, 0.4) is 0 Å². The maximum atomic E-state index is 14.2. The minimum atomic E-state index is -3.45. The molecule has 0 aliphatic carbocycles. The zero-order valence-electron chi connectivity index (χ0n) is 13.8. The van der Waals surface area contributed by atoms with Crippen molar-refractivity contribution in [3.05, 3.63) is 29.6 Å². The van der Waals surface area contributed by atoms with E-state index < -0.39 is 15.8 Å². The van der Waals surface area contributed by atoms with Gasteiger partial charge in [0.25, 0.3) is 0 Å². The second kappa shape index (κ2) is 6.16. The minimum absolute atomic E-state index is 0.229. The molecule has 0 bridgehead atoms. The molecule has 0 saturated carbocycles. The maximum absolute atomic E-state index is 14.2. The first-order chi connectivity index (χ1) is 10.3. The van der Waals surface area contributed by atoms with E-state index in [1.54, 1.807) is 6.07 Å². The predicted molar refractivity (Wildman–Crippen MR) is 88.3 cm³/mol. The highest BCUT2D eigenvalue weighted by molar-refractivity contribution is 7.92. The lowest BCUT2D eigenvalue weighted by Gasteiger charge is -2.38. The molecule has 0 radical (unpaired) electrons. The highest BCUT2D eigenvalue weighted by Gasteiger charge is 2.47. The van der Waals surface area contributed by atoms with Crippen LogP contribution < -0.4 is 4.31 Å². The number of hydrogen-bond donors (Lipinski definition) is 0. The summed E-state index contributed by atoms with van der Waals surface area (Å²) in [6.45, 7) is 6.19. The van der Waals surface area contributed by atoms with Gasteiger partial charge >= 0.3 is 0 Å².